The zero-order valence-corrected chi connectivity index (χ0v) is 19.7. The Morgan fingerprint density at radius 3 is 1.25 bits per heavy atom. The number of hydrogen-bond donors (Lipinski definition) is 1. The Labute approximate surface area is 176 Å². The zero-order chi connectivity index (χ0) is 21.2. The lowest BCUT2D eigenvalue weighted by molar-refractivity contribution is 0.814. The number of hydrogen-bond acceptors (Lipinski definition) is 1. The van der Waals surface area contributed by atoms with Crippen LogP contribution in [0, 0.1) is 0 Å². The quantitative estimate of drug-likeness (QED) is 0.221. The van der Waals surface area contributed by atoms with Crippen LogP contribution in [0.25, 0.3) is 0 Å². The smallest absolute Gasteiger partial charge is 0.00742 e. The van der Waals surface area contributed by atoms with Crippen LogP contribution < -0.4 is 5.73 Å². The molecule has 0 bridgehead atoms. The van der Waals surface area contributed by atoms with Crippen LogP contribution >= 0.6 is 0 Å². The summed E-state index contributed by atoms with van der Waals surface area (Å²) in [5, 5.41) is 0. The van der Waals surface area contributed by atoms with Gasteiger partial charge in [-0.1, -0.05) is 58.2 Å². The van der Waals surface area contributed by atoms with Gasteiger partial charge in [-0.15, -0.1) is 0 Å². The van der Waals surface area contributed by atoms with Gasteiger partial charge in [-0.05, 0) is 112 Å². The summed E-state index contributed by atoms with van der Waals surface area (Å²) in [6, 6.07) is 0. The van der Waals surface area contributed by atoms with Crippen molar-refractivity contribution in [2.24, 2.45) is 5.73 Å². The van der Waals surface area contributed by atoms with Crippen LogP contribution in [0.1, 0.15) is 106 Å². The van der Waals surface area contributed by atoms with E-state index in [1.54, 1.807) is 0 Å². The summed E-state index contributed by atoms with van der Waals surface area (Å²) < 4.78 is 0. The Morgan fingerprint density at radius 2 is 0.857 bits per heavy atom. The monoisotopic (exact) mass is 385 g/mol. The van der Waals surface area contributed by atoms with Gasteiger partial charge in [0.15, 0.2) is 0 Å². The van der Waals surface area contributed by atoms with Crippen LogP contribution in [0.2, 0.25) is 0 Å². The first-order valence-electron chi connectivity index (χ1n) is 11.3. The summed E-state index contributed by atoms with van der Waals surface area (Å²) in [7, 11) is 0. The van der Waals surface area contributed by atoms with E-state index in [0.29, 0.717) is 0 Å². The molecule has 0 rings (SSSR count). The van der Waals surface area contributed by atoms with E-state index in [-0.39, 0.29) is 0 Å². The normalized spacial score (nSPS) is 13.8. The van der Waals surface area contributed by atoms with Crippen molar-refractivity contribution < 1.29 is 0 Å². The van der Waals surface area contributed by atoms with Gasteiger partial charge >= 0.3 is 0 Å². The van der Waals surface area contributed by atoms with Crippen molar-refractivity contribution in [1.82, 2.24) is 0 Å². The molecule has 0 unspecified atom stereocenters. The highest BCUT2D eigenvalue weighted by atomic mass is 14.5. The highest BCUT2D eigenvalue weighted by Crippen LogP contribution is 2.14. The lowest BCUT2D eigenvalue weighted by Crippen LogP contribution is -1.97. The molecule has 0 atom stereocenters. The van der Waals surface area contributed by atoms with Gasteiger partial charge in [-0.3, -0.25) is 0 Å². The Kier molecular flexibility index (Phi) is 16.9. The second-order valence-electron chi connectivity index (χ2n) is 8.57. The van der Waals surface area contributed by atoms with Gasteiger partial charge in [0.1, 0.15) is 0 Å². The average molecular weight is 386 g/mol. The van der Waals surface area contributed by atoms with Crippen molar-refractivity contribution in [1.29, 1.82) is 0 Å². The summed E-state index contributed by atoms with van der Waals surface area (Å²) in [5.41, 5.74) is 13.0. The van der Waals surface area contributed by atoms with Crippen molar-refractivity contribution in [3.05, 3.63) is 58.2 Å². The van der Waals surface area contributed by atoms with Crippen LogP contribution in [-0.2, 0) is 0 Å². The topological polar surface area (TPSA) is 26.0 Å². The van der Waals surface area contributed by atoms with Gasteiger partial charge < -0.3 is 5.73 Å². The molecule has 0 aliphatic carbocycles. The molecule has 0 fully saturated rings. The largest absolute Gasteiger partial charge is 0.330 e. The maximum absolute atomic E-state index is 5.56. The molecule has 1 heteroatoms. The molecule has 0 saturated carbocycles. The Hall–Kier alpha value is -1.34. The van der Waals surface area contributed by atoms with Crippen LogP contribution in [0.15, 0.2) is 58.2 Å². The number of nitrogens with two attached hydrogens (primary N) is 1. The standard InChI is InChI=1S/C27H47N/c1-23(2)13-9-16-26(5)19-10-17-24(3)14-7-8-15-25(4)18-11-20-27(6)21-12-22-28/h13-15,19-20H,7-12,16-18,21-22,28H2,1-6H3/b24-14+,25-15?,26-19+,27-20?. The lowest BCUT2D eigenvalue weighted by Gasteiger charge is -2.02. The van der Waals surface area contributed by atoms with Gasteiger partial charge in [-0.25, -0.2) is 0 Å². The van der Waals surface area contributed by atoms with Crippen molar-refractivity contribution in [3.8, 4) is 0 Å². The average Bonchev–Trinajstić information content (AvgIpc) is 2.63. The van der Waals surface area contributed by atoms with E-state index in [9.17, 15) is 0 Å². The number of unbranched alkanes of at least 4 members (excludes halogenated alkanes) is 1. The van der Waals surface area contributed by atoms with Crippen LogP contribution in [0.5, 0.6) is 0 Å². The van der Waals surface area contributed by atoms with Crippen molar-refractivity contribution in [3.63, 3.8) is 0 Å². The van der Waals surface area contributed by atoms with Gasteiger partial charge in [-0.2, -0.15) is 0 Å². The second-order valence-corrected chi connectivity index (χ2v) is 8.57. The van der Waals surface area contributed by atoms with Crippen molar-refractivity contribution in [2.45, 2.75) is 106 Å². The fourth-order valence-corrected chi connectivity index (χ4v) is 3.13. The molecule has 1 nitrogen and oxygen atoms in total. The van der Waals surface area contributed by atoms with E-state index in [1.165, 1.54) is 60.0 Å². The van der Waals surface area contributed by atoms with Crippen LogP contribution in [0.4, 0.5) is 0 Å². The highest BCUT2D eigenvalue weighted by molar-refractivity contribution is 5.07. The van der Waals surface area contributed by atoms with E-state index in [2.05, 4.69) is 71.9 Å². The summed E-state index contributed by atoms with van der Waals surface area (Å²) in [4.78, 5) is 0. The number of rotatable bonds is 15. The molecule has 0 aromatic carbocycles. The third-order valence-electron chi connectivity index (χ3n) is 5.08. The van der Waals surface area contributed by atoms with E-state index < -0.39 is 0 Å². The predicted octanol–water partition coefficient (Wildman–Crippen LogP) is 8.60. The minimum atomic E-state index is 0.795. The fourth-order valence-electron chi connectivity index (χ4n) is 3.13. The first-order valence-corrected chi connectivity index (χ1v) is 11.3. The molecule has 28 heavy (non-hydrogen) atoms. The zero-order valence-electron chi connectivity index (χ0n) is 19.7. The molecule has 0 heterocycles. The summed E-state index contributed by atoms with van der Waals surface area (Å²) in [6.07, 6.45) is 23.6. The van der Waals surface area contributed by atoms with Gasteiger partial charge in [0, 0.05) is 0 Å². The van der Waals surface area contributed by atoms with E-state index >= 15 is 0 Å². The first kappa shape index (κ1) is 26.7. The molecule has 160 valence electrons. The predicted molar refractivity (Wildman–Crippen MR) is 130 cm³/mol. The maximum Gasteiger partial charge on any atom is -0.00742 e. The number of allylic oxidation sites excluding steroid dienone is 10. The Balaban J connectivity index is 4.00. The molecule has 0 aromatic rings. The third kappa shape index (κ3) is 18.0. The molecule has 0 aliphatic heterocycles. The van der Waals surface area contributed by atoms with Crippen molar-refractivity contribution >= 4 is 0 Å². The molecule has 0 amide bonds. The molecular weight excluding hydrogens is 338 g/mol. The minimum Gasteiger partial charge on any atom is -0.330 e. The van der Waals surface area contributed by atoms with E-state index in [0.717, 1.165) is 38.6 Å². The van der Waals surface area contributed by atoms with Crippen LogP contribution in [-0.4, -0.2) is 6.54 Å². The minimum absolute atomic E-state index is 0.795. The van der Waals surface area contributed by atoms with Gasteiger partial charge in [0.05, 0.1) is 0 Å². The third-order valence-corrected chi connectivity index (χ3v) is 5.08. The van der Waals surface area contributed by atoms with E-state index in [1.807, 2.05) is 0 Å². The molecule has 0 aliphatic rings. The van der Waals surface area contributed by atoms with Gasteiger partial charge in [0.2, 0.25) is 0 Å². The Morgan fingerprint density at radius 1 is 0.500 bits per heavy atom. The molecular formula is C27H47N. The van der Waals surface area contributed by atoms with Crippen molar-refractivity contribution in [2.75, 3.05) is 6.54 Å². The highest BCUT2D eigenvalue weighted by Gasteiger charge is 1.94. The molecule has 0 radical (unpaired) electrons. The molecule has 0 saturated heterocycles. The SMILES string of the molecule is CC(C)=CCC/C(C)=C/CC/C(C)=C/CCC=C(C)CCC=C(C)CCCN. The molecule has 0 aromatic heterocycles. The van der Waals surface area contributed by atoms with Gasteiger partial charge in [0.25, 0.3) is 0 Å². The lowest BCUT2D eigenvalue weighted by atomic mass is 10.0. The molecule has 2 N–H and O–H groups in total. The first-order chi connectivity index (χ1) is 13.3. The van der Waals surface area contributed by atoms with Crippen LogP contribution in [0.3, 0.4) is 0 Å². The summed E-state index contributed by atoms with van der Waals surface area (Å²) >= 11 is 0. The summed E-state index contributed by atoms with van der Waals surface area (Å²) in [6.45, 7) is 14.2. The second kappa shape index (κ2) is 17.7. The Bertz CT molecular complexity index is 551. The molecule has 0 spiro atoms. The van der Waals surface area contributed by atoms with E-state index in [4.69, 9.17) is 5.73 Å². The fraction of sp³-hybridized carbons (Fsp3) is 0.630. The maximum atomic E-state index is 5.56. The summed E-state index contributed by atoms with van der Waals surface area (Å²) in [5.74, 6) is 0.